The van der Waals surface area contributed by atoms with Crippen LogP contribution in [-0.4, -0.2) is 87.4 Å². The number of esters is 2. The van der Waals surface area contributed by atoms with Gasteiger partial charge in [-0.05, 0) is 64.5 Å². The molecule has 1 aromatic rings. The van der Waals surface area contributed by atoms with Crippen molar-refractivity contribution in [1.82, 2.24) is 9.80 Å². The van der Waals surface area contributed by atoms with Crippen LogP contribution in [-0.2, 0) is 30.3 Å². The minimum atomic E-state index is -0.655. The van der Waals surface area contributed by atoms with E-state index in [4.69, 9.17) is 14.2 Å². The number of carbonyl (C=O) groups is 2. The summed E-state index contributed by atoms with van der Waals surface area (Å²) in [7, 11) is 2.11. The molecule has 0 aromatic heterocycles. The molecular formula is C25H37N3O5. The van der Waals surface area contributed by atoms with Gasteiger partial charge in [-0.1, -0.05) is 12.1 Å². The van der Waals surface area contributed by atoms with E-state index >= 15 is 0 Å². The van der Waals surface area contributed by atoms with Gasteiger partial charge in [-0.2, -0.15) is 0 Å². The molecule has 1 aromatic carbocycles. The lowest BCUT2D eigenvalue weighted by atomic mass is 10.0. The average molecular weight is 460 g/mol. The zero-order chi connectivity index (χ0) is 23.6. The summed E-state index contributed by atoms with van der Waals surface area (Å²) in [5.41, 5.74) is 2.10. The van der Waals surface area contributed by atoms with Gasteiger partial charge in [0.15, 0.2) is 5.57 Å². The third kappa shape index (κ3) is 7.28. The zero-order valence-electron chi connectivity index (χ0n) is 20.1. The number of rotatable bonds is 9. The molecule has 0 bridgehead atoms. The minimum Gasteiger partial charge on any atom is -0.462 e. The van der Waals surface area contributed by atoms with Crippen molar-refractivity contribution in [3.8, 4) is 0 Å². The number of hydrogen-bond donors (Lipinski definition) is 0. The number of hydrogen-bond acceptors (Lipinski definition) is 8. The Morgan fingerprint density at radius 3 is 2.12 bits per heavy atom. The van der Waals surface area contributed by atoms with Gasteiger partial charge in [0.05, 0.1) is 26.4 Å². The molecule has 2 aliphatic rings. The molecule has 0 N–H and O–H groups in total. The van der Waals surface area contributed by atoms with E-state index in [0.717, 1.165) is 64.5 Å². The summed E-state index contributed by atoms with van der Waals surface area (Å²) in [6, 6.07) is 8.55. The molecule has 8 heteroatoms. The van der Waals surface area contributed by atoms with Crippen LogP contribution in [0.2, 0.25) is 0 Å². The van der Waals surface area contributed by atoms with Crippen LogP contribution in [0.5, 0.6) is 0 Å². The molecule has 0 aliphatic carbocycles. The Kier molecular flexibility index (Phi) is 9.72. The monoisotopic (exact) mass is 459 g/mol. The molecule has 0 atom stereocenters. The highest BCUT2D eigenvalue weighted by Crippen LogP contribution is 2.26. The molecule has 0 saturated carbocycles. The van der Waals surface area contributed by atoms with E-state index < -0.39 is 11.9 Å². The van der Waals surface area contributed by atoms with Gasteiger partial charge in [-0.25, -0.2) is 9.59 Å². The Morgan fingerprint density at radius 2 is 1.58 bits per heavy atom. The fourth-order valence-electron chi connectivity index (χ4n) is 4.20. The number of morpholine rings is 1. The summed E-state index contributed by atoms with van der Waals surface area (Å²) < 4.78 is 15.8. The standard InChI is InChI=1S/C25H37N3O5/c1-4-32-24(29)23(25(30)33-5-2)19-28(22-10-12-26(3)13-11-22)21-8-6-20(7-9-21)18-27-14-16-31-17-15-27/h6-9,19,22H,4-5,10-18H2,1-3H3. The molecule has 2 saturated heterocycles. The van der Waals surface area contributed by atoms with E-state index in [1.165, 1.54) is 5.56 Å². The van der Waals surface area contributed by atoms with Gasteiger partial charge in [-0.15, -0.1) is 0 Å². The van der Waals surface area contributed by atoms with E-state index in [2.05, 4.69) is 46.0 Å². The molecular weight excluding hydrogens is 422 g/mol. The van der Waals surface area contributed by atoms with Crippen molar-refractivity contribution >= 4 is 17.6 Å². The third-order valence-electron chi connectivity index (χ3n) is 6.08. The normalized spacial score (nSPS) is 17.9. The van der Waals surface area contributed by atoms with Crippen LogP contribution in [0.1, 0.15) is 32.3 Å². The van der Waals surface area contributed by atoms with Crippen LogP contribution in [0.25, 0.3) is 0 Å². The number of likely N-dealkylation sites (tertiary alicyclic amines) is 1. The molecule has 3 rings (SSSR count). The van der Waals surface area contributed by atoms with Crippen LogP contribution in [0.15, 0.2) is 36.0 Å². The molecule has 2 fully saturated rings. The third-order valence-corrected chi connectivity index (χ3v) is 6.08. The number of benzene rings is 1. The maximum Gasteiger partial charge on any atom is 0.347 e. The zero-order valence-corrected chi connectivity index (χ0v) is 20.1. The number of anilines is 1. The number of nitrogens with zero attached hydrogens (tertiary/aromatic N) is 3. The topological polar surface area (TPSA) is 71.6 Å². The van der Waals surface area contributed by atoms with E-state index in [9.17, 15) is 9.59 Å². The second-order valence-electron chi connectivity index (χ2n) is 8.48. The Morgan fingerprint density at radius 1 is 1.00 bits per heavy atom. The average Bonchev–Trinajstić information content (AvgIpc) is 2.82. The molecule has 8 nitrogen and oxygen atoms in total. The summed E-state index contributed by atoms with van der Waals surface area (Å²) in [6.07, 6.45) is 3.49. The highest BCUT2D eigenvalue weighted by Gasteiger charge is 2.27. The fourth-order valence-corrected chi connectivity index (χ4v) is 4.20. The number of ether oxygens (including phenoxy) is 3. The quantitative estimate of drug-likeness (QED) is 0.241. The van der Waals surface area contributed by atoms with E-state index in [-0.39, 0.29) is 24.8 Å². The minimum absolute atomic E-state index is 0.0741. The van der Waals surface area contributed by atoms with Crippen LogP contribution >= 0.6 is 0 Å². The van der Waals surface area contributed by atoms with E-state index in [1.807, 2.05) is 0 Å². The van der Waals surface area contributed by atoms with Gasteiger partial charge in [-0.3, -0.25) is 4.90 Å². The Labute approximate surface area is 197 Å². The predicted octanol–water partition coefficient (Wildman–Crippen LogP) is 2.43. The van der Waals surface area contributed by atoms with Gasteiger partial charge in [0.1, 0.15) is 0 Å². The van der Waals surface area contributed by atoms with Crippen molar-refractivity contribution in [3.63, 3.8) is 0 Å². The molecule has 0 amide bonds. The second kappa shape index (κ2) is 12.7. The molecule has 2 aliphatic heterocycles. The van der Waals surface area contributed by atoms with Crippen molar-refractivity contribution in [2.45, 2.75) is 39.3 Å². The maximum atomic E-state index is 12.6. The van der Waals surface area contributed by atoms with Gasteiger partial charge in [0.2, 0.25) is 0 Å². The van der Waals surface area contributed by atoms with Gasteiger partial charge < -0.3 is 24.0 Å². The predicted molar refractivity (Wildman–Crippen MR) is 127 cm³/mol. The molecule has 0 unspecified atom stereocenters. The van der Waals surface area contributed by atoms with Gasteiger partial charge in [0.25, 0.3) is 0 Å². The van der Waals surface area contributed by atoms with Gasteiger partial charge in [0, 0.05) is 37.6 Å². The molecule has 0 spiro atoms. The molecule has 182 valence electrons. The van der Waals surface area contributed by atoms with Crippen molar-refractivity contribution in [3.05, 3.63) is 41.6 Å². The smallest absolute Gasteiger partial charge is 0.347 e. The Balaban J connectivity index is 1.87. The Hall–Kier alpha value is -2.42. The number of piperidine rings is 1. The molecule has 33 heavy (non-hydrogen) atoms. The highest BCUT2D eigenvalue weighted by molar-refractivity contribution is 6.14. The lowest BCUT2D eigenvalue weighted by molar-refractivity contribution is -0.146. The van der Waals surface area contributed by atoms with Gasteiger partial charge >= 0.3 is 11.9 Å². The molecule has 2 heterocycles. The van der Waals surface area contributed by atoms with Crippen LogP contribution in [0, 0.1) is 0 Å². The first-order valence-corrected chi connectivity index (χ1v) is 11.9. The number of carbonyl (C=O) groups excluding carboxylic acids is 2. The van der Waals surface area contributed by atoms with Crippen molar-refractivity contribution in [2.24, 2.45) is 0 Å². The second-order valence-corrected chi connectivity index (χ2v) is 8.48. The first-order chi connectivity index (χ1) is 16.0. The summed E-state index contributed by atoms with van der Waals surface area (Å²) in [5, 5.41) is 0. The first kappa shape index (κ1) is 25.2. The largest absolute Gasteiger partial charge is 0.462 e. The van der Waals surface area contributed by atoms with Crippen molar-refractivity contribution in [2.75, 3.05) is 64.6 Å². The summed E-state index contributed by atoms with van der Waals surface area (Å²) in [4.78, 5) is 31.9. The Bertz CT molecular complexity index is 777. The fraction of sp³-hybridized carbons (Fsp3) is 0.600. The van der Waals surface area contributed by atoms with Crippen molar-refractivity contribution in [1.29, 1.82) is 0 Å². The summed E-state index contributed by atoms with van der Waals surface area (Å²) >= 11 is 0. The summed E-state index contributed by atoms with van der Waals surface area (Å²) in [6.45, 7) is 10.1. The van der Waals surface area contributed by atoms with E-state index in [1.54, 1.807) is 20.0 Å². The SMILES string of the molecule is CCOC(=O)C(=CN(c1ccc(CN2CCOCC2)cc1)C1CCN(C)CC1)C(=O)OCC. The van der Waals surface area contributed by atoms with E-state index in [0.29, 0.717) is 0 Å². The van der Waals surface area contributed by atoms with Crippen LogP contribution in [0.4, 0.5) is 5.69 Å². The van der Waals surface area contributed by atoms with Crippen LogP contribution in [0.3, 0.4) is 0 Å². The molecule has 0 radical (unpaired) electrons. The van der Waals surface area contributed by atoms with Crippen molar-refractivity contribution < 1.29 is 23.8 Å². The van der Waals surface area contributed by atoms with Crippen LogP contribution < -0.4 is 4.90 Å². The lowest BCUT2D eigenvalue weighted by Crippen LogP contribution is -2.42. The highest BCUT2D eigenvalue weighted by atomic mass is 16.6. The maximum absolute atomic E-state index is 12.6. The lowest BCUT2D eigenvalue weighted by Gasteiger charge is -2.37. The summed E-state index contributed by atoms with van der Waals surface area (Å²) in [5.74, 6) is -1.31. The first-order valence-electron chi connectivity index (χ1n) is 11.9.